The van der Waals surface area contributed by atoms with E-state index in [1.165, 1.54) is 0 Å². The van der Waals surface area contributed by atoms with Crippen LogP contribution in [-0.2, 0) is 4.74 Å². The number of rotatable bonds is 6. The summed E-state index contributed by atoms with van der Waals surface area (Å²) in [6, 6.07) is 10.0. The van der Waals surface area contributed by atoms with Gasteiger partial charge in [0.15, 0.2) is 0 Å². The monoisotopic (exact) mass is 355 g/mol. The molecule has 1 amide bonds. The quantitative estimate of drug-likeness (QED) is 0.830. The van der Waals surface area contributed by atoms with Crippen LogP contribution in [0, 0.1) is 0 Å². The maximum absolute atomic E-state index is 12.7. The molecule has 1 aliphatic heterocycles. The number of piperidine rings is 1. The maximum atomic E-state index is 12.7. The van der Waals surface area contributed by atoms with Crippen molar-refractivity contribution < 1.29 is 14.6 Å². The molecule has 2 N–H and O–H groups in total. The molecule has 6 nitrogen and oxygen atoms in total. The number of amides is 1. The summed E-state index contributed by atoms with van der Waals surface area (Å²) in [5.74, 6) is 0.805. The molecule has 1 atom stereocenters. The number of hydrogen-bond acceptors (Lipinski definition) is 5. The van der Waals surface area contributed by atoms with Gasteiger partial charge >= 0.3 is 0 Å². The number of pyridine rings is 1. The lowest BCUT2D eigenvalue weighted by Crippen LogP contribution is -2.40. The van der Waals surface area contributed by atoms with Gasteiger partial charge in [-0.15, -0.1) is 0 Å². The zero-order chi connectivity index (χ0) is 17.9. The Morgan fingerprint density at radius 2 is 2.15 bits per heavy atom. The highest BCUT2D eigenvalue weighted by molar-refractivity contribution is 6.07. The molecule has 2 fully saturated rings. The summed E-state index contributed by atoms with van der Waals surface area (Å²) in [7, 11) is 0. The van der Waals surface area contributed by atoms with Gasteiger partial charge in [0.2, 0.25) is 0 Å². The highest BCUT2D eigenvalue weighted by Gasteiger charge is 2.26. The van der Waals surface area contributed by atoms with Gasteiger partial charge in [0.25, 0.3) is 5.91 Å². The molecular weight excluding hydrogens is 330 g/mol. The van der Waals surface area contributed by atoms with Crippen molar-refractivity contribution in [3.63, 3.8) is 0 Å². The second kappa shape index (κ2) is 7.60. The standard InChI is InChI=1S/C20H25N3O3/c24-10-11-26-15-4-3-9-23(13-15)19-12-17(20(25)21-14-7-8-14)16-5-1-2-6-18(16)22-19/h1-2,5-6,12,14-15,24H,3-4,7-11,13H2,(H,21,25). The topological polar surface area (TPSA) is 74.7 Å². The predicted molar refractivity (Wildman–Crippen MR) is 101 cm³/mol. The smallest absolute Gasteiger partial charge is 0.252 e. The van der Waals surface area contributed by atoms with E-state index in [2.05, 4.69) is 10.2 Å². The van der Waals surface area contributed by atoms with Crippen molar-refractivity contribution in [1.82, 2.24) is 10.3 Å². The Hall–Kier alpha value is -2.18. The normalized spacial score (nSPS) is 20.3. The number of aliphatic hydroxyl groups excluding tert-OH is 1. The second-order valence-corrected chi connectivity index (χ2v) is 7.10. The van der Waals surface area contributed by atoms with Crippen molar-refractivity contribution in [3.05, 3.63) is 35.9 Å². The van der Waals surface area contributed by atoms with E-state index in [-0.39, 0.29) is 18.6 Å². The summed E-state index contributed by atoms with van der Waals surface area (Å²) >= 11 is 0. The molecule has 1 saturated carbocycles. The number of carbonyl (C=O) groups excluding carboxylic acids is 1. The van der Waals surface area contributed by atoms with E-state index in [1.54, 1.807) is 0 Å². The van der Waals surface area contributed by atoms with Gasteiger partial charge in [-0.05, 0) is 37.8 Å². The average molecular weight is 355 g/mol. The summed E-state index contributed by atoms with van der Waals surface area (Å²) in [6.07, 6.45) is 4.22. The lowest BCUT2D eigenvalue weighted by Gasteiger charge is -2.33. The Labute approximate surface area is 153 Å². The van der Waals surface area contributed by atoms with E-state index >= 15 is 0 Å². The third-order valence-electron chi connectivity index (χ3n) is 5.01. The summed E-state index contributed by atoms with van der Waals surface area (Å²) < 4.78 is 5.71. The summed E-state index contributed by atoms with van der Waals surface area (Å²) in [5, 5.41) is 13.0. The molecule has 6 heteroatoms. The van der Waals surface area contributed by atoms with Crippen LogP contribution in [0.4, 0.5) is 5.82 Å². The lowest BCUT2D eigenvalue weighted by atomic mass is 10.1. The highest BCUT2D eigenvalue weighted by atomic mass is 16.5. The minimum absolute atomic E-state index is 0.0163. The van der Waals surface area contributed by atoms with E-state index < -0.39 is 0 Å². The first-order valence-electron chi connectivity index (χ1n) is 9.42. The first-order chi connectivity index (χ1) is 12.7. The van der Waals surface area contributed by atoms with Crippen LogP contribution in [0.25, 0.3) is 10.9 Å². The molecule has 1 aromatic carbocycles. The molecule has 0 bridgehead atoms. The molecule has 1 aromatic heterocycles. The zero-order valence-corrected chi connectivity index (χ0v) is 14.9. The molecule has 1 unspecified atom stereocenters. The van der Waals surface area contributed by atoms with E-state index in [4.69, 9.17) is 14.8 Å². The van der Waals surface area contributed by atoms with Crippen molar-refractivity contribution in [2.45, 2.75) is 37.8 Å². The van der Waals surface area contributed by atoms with Crippen molar-refractivity contribution in [3.8, 4) is 0 Å². The van der Waals surface area contributed by atoms with Gasteiger partial charge in [-0.3, -0.25) is 4.79 Å². The van der Waals surface area contributed by atoms with Crippen LogP contribution in [0.3, 0.4) is 0 Å². The van der Waals surface area contributed by atoms with Crippen molar-refractivity contribution in [1.29, 1.82) is 0 Å². The molecular formula is C20H25N3O3. The number of ether oxygens (including phenoxy) is 1. The third-order valence-corrected chi connectivity index (χ3v) is 5.01. The van der Waals surface area contributed by atoms with Gasteiger partial charge in [-0.25, -0.2) is 4.98 Å². The Kier molecular flexibility index (Phi) is 5.04. The van der Waals surface area contributed by atoms with Crippen molar-refractivity contribution >= 4 is 22.6 Å². The van der Waals surface area contributed by atoms with E-state index in [0.29, 0.717) is 18.2 Å². The van der Waals surface area contributed by atoms with Crippen molar-refractivity contribution in [2.75, 3.05) is 31.2 Å². The Morgan fingerprint density at radius 1 is 1.31 bits per heavy atom. The first-order valence-corrected chi connectivity index (χ1v) is 9.42. The summed E-state index contributed by atoms with van der Waals surface area (Å²) in [5.41, 5.74) is 1.53. The number of carbonyl (C=O) groups is 1. The van der Waals surface area contributed by atoms with E-state index in [9.17, 15) is 4.79 Å². The van der Waals surface area contributed by atoms with Crippen molar-refractivity contribution in [2.24, 2.45) is 0 Å². The zero-order valence-electron chi connectivity index (χ0n) is 14.9. The van der Waals surface area contributed by atoms with Gasteiger partial charge in [0, 0.05) is 24.5 Å². The number of aromatic nitrogens is 1. The molecule has 1 aliphatic carbocycles. The number of nitrogens with zero attached hydrogens (tertiary/aromatic N) is 2. The van der Waals surface area contributed by atoms with Gasteiger partial charge in [0.1, 0.15) is 5.82 Å². The molecule has 0 radical (unpaired) electrons. The largest absolute Gasteiger partial charge is 0.394 e. The SMILES string of the molecule is O=C(NC1CC1)c1cc(N2CCCC(OCCO)C2)nc2ccccc12. The maximum Gasteiger partial charge on any atom is 0.252 e. The summed E-state index contributed by atoms with van der Waals surface area (Å²) in [4.78, 5) is 19.7. The minimum atomic E-state index is -0.0163. The summed E-state index contributed by atoms with van der Waals surface area (Å²) in [6.45, 7) is 2.03. The first kappa shape index (κ1) is 17.2. The molecule has 26 heavy (non-hydrogen) atoms. The third kappa shape index (κ3) is 3.81. The van der Waals surface area contributed by atoms with Gasteiger partial charge in [-0.1, -0.05) is 18.2 Å². The van der Waals surface area contributed by atoms with Crippen LogP contribution in [0.2, 0.25) is 0 Å². The fourth-order valence-electron chi connectivity index (χ4n) is 3.50. The van der Waals surface area contributed by atoms with Crippen LogP contribution in [0.1, 0.15) is 36.0 Å². The fraction of sp³-hybridized carbons (Fsp3) is 0.500. The fourth-order valence-corrected chi connectivity index (χ4v) is 3.50. The minimum Gasteiger partial charge on any atom is -0.394 e. The number of nitrogens with one attached hydrogen (secondary N) is 1. The number of hydrogen-bond donors (Lipinski definition) is 2. The second-order valence-electron chi connectivity index (χ2n) is 7.10. The number of fused-ring (bicyclic) bond motifs is 1. The van der Waals surface area contributed by atoms with Gasteiger partial charge in [0.05, 0.1) is 30.4 Å². The molecule has 0 spiro atoms. The number of anilines is 1. The lowest BCUT2D eigenvalue weighted by molar-refractivity contribution is 0.0213. The van der Waals surface area contributed by atoms with Crippen LogP contribution < -0.4 is 10.2 Å². The molecule has 2 aromatic rings. The molecule has 4 rings (SSSR count). The molecule has 2 aliphatic rings. The van der Waals surface area contributed by atoms with Crippen LogP contribution >= 0.6 is 0 Å². The van der Waals surface area contributed by atoms with E-state index in [1.807, 2.05) is 30.3 Å². The van der Waals surface area contributed by atoms with Gasteiger partial charge in [-0.2, -0.15) is 0 Å². The number of aliphatic hydroxyl groups is 1. The van der Waals surface area contributed by atoms with Gasteiger partial charge < -0.3 is 20.1 Å². The molecule has 1 saturated heterocycles. The van der Waals surface area contributed by atoms with Crippen LogP contribution in [0.5, 0.6) is 0 Å². The highest BCUT2D eigenvalue weighted by Crippen LogP contribution is 2.27. The predicted octanol–water partition coefficient (Wildman–Crippen LogP) is 2.10. The molecule has 2 heterocycles. The number of para-hydroxylation sites is 1. The van der Waals surface area contributed by atoms with Crippen LogP contribution in [-0.4, -0.2) is 54.4 Å². The van der Waals surface area contributed by atoms with Crippen LogP contribution in [0.15, 0.2) is 30.3 Å². The molecule has 138 valence electrons. The Balaban J connectivity index is 1.63. The number of benzene rings is 1. The average Bonchev–Trinajstić information content (AvgIpc) is 3.49. The Bertz CT molecular complexity index is 791. The Morgan fingerprint density at radius 3 is 2.96 bits per heavy atom. The van der Waals surface area contributed by atoms with E-state index in [0.717, 1.165) is 55.5 Å².